The van der Waals surface area contributed by atoms with E-state index in [0.717, 1.165) is 11.0 Å². The quantitative estimate of drug-likeness (QED) is 0.890. The molecule has 1 aromatic heterocycles. The van der Waals surface area contributed by atoms with E-state index in [2.05, 4.69) is 77.9 Å². The third-order valence-corrected chi connectivity index (χ3v) is 4.57. The lowest BCUT2D eigenvalue weighted by Crippen LogP contribution is -2.18. The fraction of sp³-hybridized carbons (Fsp3) is 0.375. The van der Waals surface area contributed by atoms with Crippen molar-refractivity contribution in [1.29, 1.82) is 0 Å². The maximum atomic E-state index is 3.61. The first-order valence-corrected chi connectivity index (χ1v) is 7.39. The minimum atomic E-state index is 0.329. The average Bonchev–Trinajstić information content (AvgIpc) is 2.64. The molecule has 2 aromatic rings. The van der Waals surface area contributed by atoms with Gasteiger partial charge in [0.25, 0.3) is 0 Å². The predicted molar refractivity (Wildman–Crippen MR) is 84.3 cm³/mol. The van der Waals surface area contributed by atoms with E-state index in [1.807, 2.05) is 6.07 Å². The van der Waals surface area contributed by atoms with Gasteiger partial charge in [-0.1, -0.05) is 34.1 Å². The summed E-state index contributed by atoms with van der Waals surface area (Å²) in [6.07, 6.45) is 0. The highest BCUT2D eigenvalue weighted by molar-refractivity contribution is 9.10. The van der Waals surface area contributed by atoms with Crippen LogP contribution in [0.4, 0.5) is 0 Å². The van der Waals surface area contributed by atoms with E-state index >= 15 is 0 Å². The Kier molecular flexibility index (Phi) is 4.48. The molecule has 1 heterocycles. The van der Waals surface area contributed by atoms with Crippen LogP contribution in [0.1, 0.15) is 35.5 Å². The molecule has 102 valence electrons. The highest BCUT2D eigenvalue weighted by Gasteiger charge is 2.10. The molecule has 19 heavy (non-hydrogen) atoms. The van der Waals surface area contributed by atoms with E-state index in [4.69, 9.17) is 0 Å². The maximum absolute atomic E-state index is 3.61. The van der Waals surface area contributed by atoms with Crippen LogP contribution in [0.3, 0.4) is 0 Å². The average molecular weight is 321 g/mol. The highest BCUT2D eigenvalue weighted by Crippen LogP contribution is 2.23. The van der Waals surface area contributed by atoms with E-state index in [9.17, 15) is 0 Å². The topological polar surface area (TPSA) is 17.0 Å². The largest absolute Gasteiger partial charge is 0.352 e. The molecule has 0 radical (unpaired) electrons. The zero-order chi connectivity index (χ0) is 14.0. The molecular formula is C16H21BrN2. The smallest absolute Gasteiger partial charge is 0.0306 e. The summed E-state index contributed by atoms with van der Waals surface area (Å²) in [5.41, 5.74) is 5.32. The Bertz CT molecular complexity index is 572. The van der Waals surface area contributed by atoms with Gasteiger partial charge in [-0.15, -0.1) is 0 Å². The van der Waals surface area contributed by atoms with Gasteiger partial charge < -0.3 is 9.88 Å². The van der Waals surface area contributed by atoms with Crippen LogP contribution < -0.4 is 5.32 Å². The highest BCUT2D eigenvalue weighted by atomic mass is 79.9. The number of halogens is 1. The van der Waals surface area contributed by atoms with Gasteiger partial charge in [-0.3, -0.25) is 0 Å². The SMILES string of the molecule is Cc1cc(CN[C@H](C)c2ccccc2Br)c(C)n1C. The molecule has 0 fully saturated rings. The van der Waals surface area contributed by atoms with Crippen LogP contribution in [0, 0.1) is 13.8 Å². The van der Waals surface area contributed by atoms with E-state index in [1.54, 1.807) is 0 Å². The summed E-state index contributed by atoms with van der Waals surface area (Å²) < 4.78 is 3.40. The Hall–Kier alpha value is -1.06. The molecule has 0 aliphatic rings. The van der Waals surface area contributed by atoms with Gasteiger partial charge in [-0.25, -0.2) is 0 Å². The molecule has 0 unspecified atom stereocenters. The fourth-order valence-corrected chi connectivity index (χ4v) is 2.94. The molecular weight excluding hydrogens is 300 g/mol. The first-order valence-electron chi connectivity index (χ1n) is 6.60. The summed E-state index contributed by atoms with van der Waals surface area (Å²) >= 11 is 3.61. The molecule has 0 bridgehead atoms. The molecule has 3 heteroatoms. The third-order valence-electron chi connectivity index (χ3n) is 3.85. The molecule has 0 amide bonds. The second-order valence-electron chi connectivity index (χ2n) is 5.08. The van der Waals surface area contributed by atoms with Crippen molar-refractivity contribution in [2.45, 2.75) is 33.4 Å². The van der Waals surface area contributed by atoms with Crippen molar-refractivity contribution in [2.75, 3.05) is 0 Å². The van der Waals surface area contributed by atoms with Crippen LogP contribution in [-0.4, -0.2) is 4.57 Å². The summed E-state index contributed by atoms with van der Waals surface area (Å²) in [4.78, 5) is 0. The molecule has 2 nitrogen and oxygen atoms in total. The Labute approximate surface area is 124 Å². The molecule has 0 saturated heterocycles. The summed E-state index contributed by atoms with van der Waals surface area (Å²) in [7, 11) is 2.12. The number of rotatable bonds is 4. The normalized spacial score (nSPS) is 12.7. The number of aromatic nitrogens is 1. The molecule has 0 aliphatic heterocycles. The minimum Gasteiger partial charge on any atom is -0.352 e. The predicted octanol–water partition coefficient (Wildman–Crippen LogP) is 4.26. The molecule has 0 spiro atoms. The number of nitrogens with one attached hydrogen (secondary N) is 1. The lowest BCUT2D eigenvalue weighted by molar-refractivity contribution is 0.571. The lowest BCUT2D eigenvalue weighted by Gasteiger charge is -2.16. The maximum Gasteiger partial charge on any atom is 0.0306 e. The van der Waals surface area contributed by atoms with E-state index in [1.165, 1.54) is 22.5 Å². The van der Waals surface area contributed by atoms with Crippen molar-refractivity contribution in [1.82, 2.24) is 9.88 Å². The van der Waals surface area contributed by atoms with Crippen molar-refractivity contribution in [3.05, 3.63) is 57.3 Å². The van der Waals surface area contributed by atoms with Crippen molar-refractivity contribution >= 4 is 15.9 Å². The van der Waals surface area contributed by atoms with Crippen LogP contribution in [0.2, 0.25) is 0 Å². The molecule has 0 aliphatic carbocycles. The van der Waals surface area contributed by atoms with Gasteiger partial charge in [0.1, 0.15) is 0 Å². The Morgan fingerprint density at radius 2 is 1.95 bits per heavy atom. The van der Waals surface area contributed by atoms with Gasteiger partial charge in [-0.2, -0.15) is 0 Å². The molecule has 2 rings (SSSR count). The number of nitrogens with zero attached hydrogens (tertiary/aromatic N) is 1. The van der Waals surface area contributed by atoms with Crippen LogP contribution in [0.15, 0.2) is 34.8 Å². The van der Waals surface area contributed by atoms with Crippen LogP contribution in [0.5, 0.6) is 0 Å². The van der Waals surface area contributed by atoms with Crippen molar-refractivity contribution in [3.63, 3.8) is 0 Å². The van der Waals surface area contributed by atoms with Crippen LogP contribution in [0.25, 0.3) is 0 Å². The van der Waals surface area contributed by atoms with Gasteiger partial charge in [0, 0.05) is 35.5 Å². The van der Waals surface area contributed by atoms with Gasteiger partial charge in [0.2, 0.25) is 0 Å². The second-order valence-corrected chi connectivity index (χ2v) is 5.93. The third kappa shape index (κ3) is 3.10. The van der Waals surface area contributed by atoms with Crippen molar-refractivity contribution in [3.8, 4) is 0 Å². The van der Waals surface area contributed by atoms with Crippen LogP contribution in [-0.2, 0) is 13.6 Å². The number of hydrogen-bond acceptors (Lipinski definition) is 1. The van der Waals surface area contributed by atoms with Crippen LogP contribution >= 0.6 is 15.9 Å². The van der Waals surface area contributed by atoms with E-state index < -0.39 is 0 Å². The number of hydrogen-bond donors (Lipinski definition) is 1. The first-order chi connectivity index (χ1) is 9.00. The number of benzene rings is 1. The molecule has 1 N–H and O–H groups in total. The summed E-state index contributed by atoms with van der Waals surface area (Å²) in [5.74, 6) is 0. The standard InChI is InChI=1S/C16H21BrN2/c1-11-9-14(13(3)19(11)4)10-18-12(2)15-7-5-6-8-16(15)17/h5-9,12,18H,10H2,1-4H3/t12-/m1/s1. The molecule has 1 atom stereocenters. The van der Waals surface area contributed by atoms with Gasteiger partial charge in [0.05, 0.1) is 0 Å². The van der Waals surface area contributed by atoms with Crippen molar-refractivity contribution in [2.24, 2.45) is 7.05 Å². The van der Waals surface area contributed by atoms with Crippen molar-refractivity contribution < 1.29 is 0 Å². The van der Waals surface area contributed by atoms with Gasteiger partial charge in [-0.05, 0) is 44.0 Å². The zero-order valence-corrected chi connectivity index (χ0v) is 13.6. The Balaban J connectivity index is 2.06. The first kappa shape index (κ1) is 14.4. The number of aryl methyl sites for hydroxylation is 1. The molecule has 0 saturated carbocycles. The van der Waals surface area contributed by atoms with E-state index in [-0.39, 0.29) is 0 Å². The monoisotopic (exact) mass is 320 g/mol. The second kappa shape index (κ2) is 5.93. The minimum absolute atomic E-state index is 0.329. The summed E-state index contributed by atoms with van der Waals surface area (Å²) in [6.45, 7) is 7.42. The summed E-state index contributed by atoms with van der Waals surface area (Å²) in [6, 6.07) is 11.0. The Morgan fingerprint density at radius 3 is 2.53 bits per heavy atom. The zero-order valence-electron chi connectivity index (χ0n) is 12.0. The Morgan fingerprint density at radius 1 is 1.26 bits per heavy atom. The van der Waals surface area contributed by atoms with Gasteiger partial charge >= 0.3 is 0 Å². The summed E-state index contributed by atoms with van der Waals surface area (Å²) in [5, 5.41) is 3.59. The lowest BCUT2D eigenvalue weighted by atomic mass is 10.1. The van der Waals surface area contributed by atoms with Gasteiger partial charge in [0.15, 0.2) is 0 Å². The van der Waals surface area contributed by atoms with E-state index in [0.29, 0.717) is 6.04 Å². The molecule has 1 aromatic carbocycles. The fourth-order valence-electron chi connectivity index (χ4n) is 2.31.